The van der Waals surface area contributed by atoms with Gasteiger partial charge in [0.05, 0.1) is 22.1 Å². The van der Waals surface area contributed by atoms with Crippen LogP contribution in [0.4, 0.5) is 0 Å². The van der Waals surface area contributed by atoms with Gasteiger partial charge in [0, 0.05) is 37.8 Å². The molecule has 2 aliphatic heterocycles. The average Bonchev–Trinajstić information content (AvgIpc) is 3.53. The average molecular weight is 455 g/mol. The van der Waals surface area contributed by atoms with E-state index in [0.29, 0.717) is 37.1 Å². The number of nitrogens with one attached hydrogen (secondary N) is 3. The van der Waals surface area contributed by atoms with Crippen LogP contribution in [-0.2, 0) is 21.4 Å². The standard InChI is InChI=1S/C21H22N6O4S/c28-19(16-9-15-12-25-26-18(15)23-11-16)24-10-14-1-3-17(4-2-14)32(30,31)27-8-6-21(13-27)5-7-22-20(21)29/h1-4,9,11-12H,5-8,10,13H2,(H,22,29)(H,24,28)(H,23,25,26). The number of hydrogen-bond acceptors (Lipinski definition) is 6. The minimum absolute atomic E-state index is 0.0524. The Morgan fingerprint density at radius 3 is 2.75 bits per heavy atom. The minimum atomic E-state index is -3.68. The third-order valence-corrected chi connectivity index (χ3v) is 8.12. The van der Waals surface area contributed by atoms with E-state index in [9.17, 15) is 18.0 Å². The molecule has 2 fully saturated rings. The fourth-order valence-electron chi connectivity index (χ4n) is 4.32. The number of carbonyl (C=O) groups is 2. The first kappa shape index (κ1) is 20.6. The van der Waals surface area contributed by atoms with Gasteiger partial charge in [0.2, 0.25) is 15.9 Å². The molecule has 2 aromatic heterocycles. The van der Waals surface area contributed by atoms with E-state index in [2.05, 4.69) is 25.8 Å². The number of aromatic nitrogens is 3. The highest BCUT2D eigenvalue weighted by molar-refractivity contribution is 7.89. The summed E-state index contributed by atoms with van der Waals surface area (Å²) in [6.07, 6.45) is 4.28. The van der Waals surface area contributed by atoms with Crippen LogP contribution in [-0.4, -0.2) is 59.4 Å². The van der Waals surface area contributed by atoms with Crippen molar-refractivity contribution in [1.82, 2.24) is 30.1 Å². The van der Waals surface area contributed by atoms with Crippen molar-refractivity contribution in [2.45, 2.75) is 24.3 Å². The lowest BCUT2D eigenvalue weighted by Crippen LogP contribution is -2.36. The number of H-pyrrole nitrogens is 1. The van der Waals surface area contributed by atoms with E-state index in [0.717, 1.165) is 10.9 Å². The number of hydrogen-bond donors (Lipinski definition) is 3. The van der Waals surface area contributed by atoms with Crippen LogP contribution in [0.2, 0.25) is 0 Å². The molecule has 1 spiro atoms. The fraction of sp³-hybridized carbons (Fsp3) is 0.333. The van der Waals surface area contributed by atoms with Gasteiger partial charge in [0.25, 0.3) is 5.91 Å². The topological polar surface area (TPSA) is 137 Å². The van der Waals surface area contributed by atoms with Gasteiger partial charge in [-0.3, -0.25) is 14.7 Å². The lowest BCUT2D eigenvalue weighted by Gasteiger charge is -2.21. The number of rotatable bonds is 5. The number of carbonyl (C=O) groups excluding carboxylic acids is 2. The summed E-state index contributed by atoms with van der Waals surface area (Å²) >= 11 is 0. The molecule has 0 aliphatic carbocycles. The second-order valence-electron chi connectivity index (χ2n) is 8.23. The first-order valence-electron chi connectivity index (χ1n) is 10.3. The highest BCUT2D eigenvalue weighted by atomic mass is 32.2. The van der Waals surface area contributed by atoms with Crippen LogP contribution in [0, 0.1) is 5.41 Å². The summed E-state index contributed by atoms with van der Waals surface area (Å²) in [5.74, 6) is -0.335. The molecule has 1 atom stereocenters. The largest absolute Gasteiger partial charge is 0.356 e. The number of sulfonamides is 1. The highest BCUT2D eigenvalue weighted by Crippen LogP contribution is 2.39. The normalized spacial score (nSPS) is 21.3. The molecule has 0 radical (unpaired) electrons. The summed E-state index contributed by atoms with van der Waals surface area (Å²) in [6, 6.07) is 8.13. The van der Waals surface area contributed by atoms with Crippen LogP contribution in [0.5, 0.6) is 0 Å². The molecule has 11 heteroatoms. The zero-order valence-corrected chi connectivity index (χ0v) is 18.0. The predicted molar refractivity (Wildman–Crippen MR) is 115 cm³/mol. The summed E-state index contributed by atoms with van der Waals surface area (Å²) in [7, 11) is -3.68. The molecule has 5 rings (SSSR count). The molecule has 0 bridgehead atoms. The highest BCUT2D eigenvalue weighted by Gasteiger charge is 2.50. The van der Waals surface area contributed by atoms with E-state index in [4.69, 9.17) is 0 Å². The Bertz CT molecular complexity index is 1300. The molecule has 3 aromatic rings. The number of benzene rings is 1. The van der Waals surface area contributed by atoms with E-state index < -0.39 is 15.4 Å². The molecule has 1 aromatic carbocycles. The third-order valence-electron chi connectivity index (χ3n) is 6.26. The van der Waals surface area contributed by atoms with Gasteiger partial charge in [0.15, 0.2) is 5.65 Å². The maximum absolute atomic E-state index is 13.0. The minimum Gasteiger partial charge on any atom is -0.356 e. The second kappa shape index (κ2) is 7.68. The lowest BCUT2D eigenvalue weighted by molar-refractivity contribution is -0.126. The van der Waals surface area contributed by atoms with Crippen LogP contribution < -0.4 is 10.6 Å². The van der Waals surface area contributed by atoms with Crippen molar-refractivity contribution in [2.24, 2.45) is 5.41 Å². The first-order valence-corrected chi connectivity index (χ1v) is 11.8. The van der Waals surface area contributed by atoms with Crippen molar-refractivity contribution in [1.29, 1.82) is 0 Å². The Labute approximate surface area is 184 Å². The summed E-state index contributed by atoms with van der Waals surface area (Å²) in [4.78, 5) is 28.9. The van der Waals surface area contributed by atoms with Crippen molar-refractivity contribution in [2.75, 3.05) is 19.6 Å². The molecular formula is C21H22N6O4S. The summed E-state index contributed by atoms with van der Waals surface area (Å²) < 4.78 is 27.5. The van der Waals surface area contributed by atoms with Gasteiger partial charge in [-0.25, -0.2) is 13.4 Å². The zero-order valence-electron chi connectivity index (χ0n) is 17.2. The molecule has 4 heterocycles. The Kier molecular flexibility index (Phi) is 4.94. The quantitative estimate of drug-likeness (QED) is 0.521. The molecular weight excluding hydrogens is 432 g/mol. The van der Waals surface area contributed by atoms with Crippen LogP contribution in [0.1, 0.15) is 28.8 Å². The first-order chi connectivity index (χ1) is 15.4. The SMILES string of the molecule is O=C(NCc1ccc(S(=O)(=O)N2CCC3(CCNC3=O)C2)cc1)c1cnc2[nH]ncc2c1. The lowest BCUT2D eigenvalue weighted by atomic mass is 9.86. The van der Waals surface area contributed by atoms with Gasteiger partial charge >= 0.3 is 0 Å². The summed E-state index contributed by atoms with van der Waals surface area (Å²) in [6.45, 7) is 1.39. The zero-order chi connectivity index (χ0) is 22.3. The number of nitrogens with zero attached hydrogens (tertiary/aromatic N) is 3. The molecule has 2 aliphatic rings. The summed E-state index contributed by atoms with van der Waals surface area (Å²) in [5.41, 5.74) is 1.20. The molecule has 166 valence electrons. The predicted octanol–water partition coefficient (Wildman–Crippen LogP) is 0.789. The number of fused-ring (bicyclic) bond motifs is 1. The molecule has 32 heavy (non-hydrogen) atoms. The Morgan fingerprint density at radius 1 is 1.19 bits per heavy atom. The Balaban J connectivity index is 1.23. The van der Waals surface area contributed by atoms with Crippen molar-refractivity contribution >= 4 is 32.9 Å². The van der Waals surface area contributed by atoms with Crippen molar-refractivity contribution in [3.63, 3.8) is 0 Å². The van der Waals surface area contributed by atoms with Gasteiger partial charge in [-0.1, -0.05) is 12.1 Å². The van der Waals surface area contributed by atoms with Crippen LogP contribution in [0.15, 0.2) is 47.6 Å². The van der Waals surface area contributed by atoms with Gasteiger partial charge in [-0.05, 0) is 36.6 Å². The second-order valence-corrected chi connectivity index (χ2v) is 10.2. The molecule has 2 saturated heterocycles. The molecule has 1 unspecified atom stereocenters. The summed E-state index contributed by atoms with van der Waals surface area (Å²) in [5, 5.41) is 13.0. The van der Waals surface area contributed by atoms with Crippen molar-refractivity contribution < 1.29 is 18.0 Å². The monoisotopic (exact) mass is 454 g/mol. The van der Waals surface area contributed by atoms with Gasteiger partial charge in [-0.15, -0.1) is 0 Å². The van der Waals surface area contributed by atoms with Gasteiger partial charge < -0.3 is 10.6 Å². The molecule has 2 amide bonds. The van der Waals surface area contributed by atoms with E-state index in [1.54, 1.807) is 24.4 Å². The number of aromatic amines is 1. The Hall–Kier alpha value is -3.31. The maximum Gasteiger partial charge on any atom is 0.253 e. The fourth-order valence-corrected chi connectivity index (χ4v) is 5.85. The van der Waals surface area contributed by atoms with Crippen LogP contribution >= 0.6 is 0 Å². The van der Waals surface area contributed by atoms with Crippen LogP contribution in [0.25, 0.3) is 11.0 Å². The number of pyridine rings is 1. The van der Waals surface area contributed by atoms with Crippen molar-refractivity contribution in [3.8, 4) is 0 Å². The molecule has 3 N–H and O–H groups in total. The van der Waals surface area contributed by atoms with E-state index in [1.165, 1.54) is 22.6 Å². The van der Waals surface area contributed by atoms with E-state index >= 15 is 0 Å². The van der Waals surface area contributed by atoms with Gasteiger partial charge in [0.1, 0.15) is 0 Å². The van der Waals surface area contributed by atoms with E-state index in [-0.39, 0.29) is 29.8 Å². The smallest absolute Gasteiger partial charge is 0.253 e. The Morgan fingerprint density at radius 2 is 2.00 bits per heavy atom. The van der Waals surface area contributed by atoms with Crippen LogP contribution in [0.3, 0.4) is 0 Å². The maximum atomic E-state index is 13.0. The van der Waals surface area contributed by atoms with E-state index in [1.807, 2.05) is 0 Å². The molecule has 10 nitrogen and oxygen atoms in total. The number of amides is 2. The molecule has 0 saturated carbocycles. The third kappa shape index (κ3) is 3.53. The van der Waals surface area contributed by atoms with Crippen molar-refractivity contribution in [3.05, 3.63) is 53.9 Å². The van der Waals surface area contributed by atoms with Gasteiger partial charge in [-0.2, -0.15) is 9.40 Å².